The molecule has 10 heteroatoms. The van der Waals surface area contributed by atoms with E-state index in [1.807, 2.05) is 52.0 Å². The number of hydrogen-bond donors (Lipinski definition) is 1. The first-order valence-electron chi connectivity index (χ1n) is 13.6. The van der Waals surface area contributed by atoms with E-state index < -0.39 is 34.3 Å². The number of amides is 2. The van der Waals surface area contributed by atoms with Crippen LogP contribution >= 0.6 is 0 Å². The monoisotopic (exact) mass is 583 g/mol. The summed E-state index contributed by atoms with van der Waals surface area (Å²) in [6, 6.07) is 17.3. The number of carbonyl (C=O) groups excluding carboxylic acids is 2. The molecule has 0 bridgehead atoms. The van der Waals surface area contributed by atoms with E-state index in [1.165, 1.54) is 41.3 Å². The minimum atomic E-state index is -4.27. The van der Waals surface area contributed by atoms with Gasteiger partial charge in [0.1, 0.15) is 24.2 Å². The molecule has 0 fully saturated rings. The van der Waals surface area contributed by atoms with Gasteiger partial charge < -0.3 is 15.0 Å². The van der Waals surface area contributed by atoms with Crippen molar-refractivity contribution in [2.45, 2.75) is 64.6 Å². The Morgan fingerprint density at radius 1 is 0.951 bits per heavy atom. The Morgan fingerprint density at radius 2 is 1.59 bits per heavy atom. The Labute approximate surface area is 242 Å². The smallest absolute Gasteiger partial charge is 0.264 e. The van der Waals surface area contributed by atoms with Gasteiger partial charge in [-0.2, -0.15) is 0 Å². The number of carbonyl (C=O) groups is 2. The minimum Gasteiger partial charge on any atom is -0.494 e. The van der Waals surface area contributed by atoms with Gasteiger partial charge in [0.15, 0.2) is 0 Å². The van der Waals surface area contributed by atoms with Gasteiger partial charge in [0, 0.05) is 12.6 Å². The number of halogens is 1. The van der Waals surface area contributed by atoms with E-state index in [9.17, 15) is 22.4 Å². The second kappa shape index (κ2) is 14.1. The molecule has 3 rings (SSSR count). The molecule has 3 aromatic carbocycles. The van der Waals surface area contributed by atoms with Crippen LogP contribution in [-0.4, -0.2) is 50.4 Å². The molecule has 3 aromatic rings. The number of aryl methyl sites for hydroxylation is 1. The maximum atomic E-state index is 14.1. The molecule has 41 heavy (non-hydrogen) atoms. The molecule has 1 N–H and O–H groups in total. The predicted octanol–water partition coefficient (Wildman–Crippen LogP) is 5.06. The molecule has 0 heterocycles. The fraction of sp³-hybridized carbons (Fsp3) is 0.355. The summed E-state index contributed by atoms with van der Waals surface area (Å²) in [5.74, 6) is -0.941. The van der Waals surface area contributed by atoms with Crippen LogP contribution in [0, 0.1) is 12.7 Å². The van der Waals surface area contributed by atoms with E-state index in [-0.39, 0.29) is 29.1 Å². The normalized spacial score (nSPS) is 12.1. The van der Waals surface area contributed by atoms with Crippen LogP contribution in [0.4, 0.5) is 10.1 Å². The number of anilines is 1. The summed E-state index contributed by atoms with van der Waals surface area (Å²) in [6.07, 6.45) is 0.318. The van der Waals surface area contributed by atoms with Crippen molar-refractivity contribution in [2.75, 3.05) is 17.5 Å². The number of nitrogens with one attached hydrogen (secondary N) is 1. The largest absolute Gasteiger partial charge is 0.494 e. The van der Waals surface area contributed by atoms with E-state index in [0.29, 0.717) is 18.8 Å². The van der Waals surface area contributed by atoms with Gasteiger partial charge in [-0.1, -0.05) is 31.2 Å². The van der Waals surface area contributed by atoms with Crippen molar-refractivity contribution in [3.8, 4) is 5.75 Å². The topological polar surface area (TPSA) is 96.0 Å². The van der Waals surface area contributed by atoms with Crippen LogP contribution in [0.15, 0.2) is 77.7 Å². The standard InChI is InChI=1S/C31H38FN3O5S/c1-6-29(31(37)33-22(3)4)34(20-24-11-9-8-10-23(24)5)30(36)21-35(26-14-12-25(32)13-15-26)41(38,39)28-18-16-27(17-19-28)40-7-2/h8-19,22,29H,6-7,20-21H2,1-5H3,(H,33,37). The molecule has 1 unspecified atom stereocenters. The zero-order valence-electron chi connectivity index (χ0n) is 24.1. The van der Waals surface area contributed by atoms with Crippen LogP contribution in [0.1, 0.15) is 45.2 Å². The Hall–Kier alpha value is -3.92. The molecule has 0 saturated heterocycles. The molecule has 1 atom stereocenters. The van der Waals surface area contributed by atoms with Crippen LogP contribution in [0.2, 0.25) is 0 Å². The van der Waals surface area contributed by atoms with Gasteiger partial charge in [0.2, 0.25) is 11.8 Å². The number of benzene rings is 3. The van der Waals surface area contributed by atoms with Gasteiger partial charge in [-0.25, -0.2) is 12.8 Å². The number of rotatable bonds is 13. The summed E-state index contributed by atoms with van der Waals surface area (Å²) in [7, 11) is -4.27. The summed E-state index contributed by atoms with van der Waals surface area (Å²) < 4.78 is 48.0. The zero-order chi connectivity index (χ0) is 30.2. The number of ether oxygens (including phenoxy) is 1. The van der Waals surface area contributed by atoms with E-state index in [2.05, 4.69) is 5.32 Å². The number of sulfonamides is 1. The highest BCUT2D eigenvalue weighted by Gasteiger charge is 2.34. The Morgan fingerprint density at radius 3 is 2.15 bits per heavy atom. The van der Waals surface area contributed by atoms with Crippen molar-refractivity contribution >= 4 is 27.5 Å². The molecule has 8 nitrogen and oxygen atoms in total. The van der Waals surface area contributed by atoms with Crippen LogP contribution in [0.5, 0.6) is 5.75 Å². The molecule has 0 aliphatic rings. The maximum Gasteiger partial charge on any atom is 0.264 e. The summed E-state index contributed by atoms with van der Waals surface area (Å²) >= 11 is 0. The third-order valence-electron chi connectivity index (χ3n) is 6.54. The quantitative estimate of drug-likeness (QED) is 0.304. The van der Waals surface area contributed by atoms with Crippen LogP contribution < -0.4 is 14.4 Å². The summed E-state index contributed by atoms with van der Waals surface area (Å²) in [6.45, 7) is 9.12. The summed E-state index contributed by atoms with van der Waals surface area (Å²) in [4.78, 5) is 28.6. The first-order valence-corrected chi connectivity index (χ1v) is 15.1. The lowest BCUT2D eigenvalue weighted by molar-refractivity contribution is -0.140. The van der Waals surface area contributed by atoms with Crippen molar-refractivity contribution < 1.29 is 27.1 Å². The summed E-state index contributed by atoms with van der Waals surface area (Å²) in [5, 5.41) is 2.87. The van der Waals surface area contributed by atoms with Gasteiger partial charge in [-0.3, -0.25) is 13.9 Å². The lowest BCUT2D eigenvalue weighted by atomic mass is 10.1. The fourth-order valence-corrected chi connectivity index (χ4v) is 5.82. The first kappa shape index (κ1) is 31.6. The highest BCUT2D eigenvalue weighted by molar-refractivity contribution is 7.92. The van der Waals surface area contributed by atoms with E-state index >= 15 is 0 Å². The van der Waals surface area contributed by atoms with Crippen molar-refractivity contribution in [2.24, 2.45) is 0 Å². The average Bonchev–Trinajstić information content (AvgIpc) is 2.93. The van der Waals surface area contributed by atoms with Crippen molar-refractivity contribution in [3.63, 3.8) is 0 Å². The molecule has 0 saturated carbocycles. The molecule has 0 aliphatic heterocycles. The number of nitrogens with zero attached hydrogens (tertiary/aromatic N) is 2. The van der Waals surface area contributed by atoms with Gasteiger partial charge in [0.05, 0.1) is 17.2 Å². The van der Waals surface area contributed by atoms with Crippen LogP contribution in [0.25, 0.3) is 0 Å². The second-order valence-electron chi connectivity index (χ2n) is 9.93. The molecule has 0 aliphatic carbocycles. The van der Waals surface area contributed by atoms with Gasteiger partial charge in [-0.05, 0) is 93.8 Å². The third kappa shape index (κ3) is 8.07. The zero-order valence-corrected chi connectivity index (χ0v) is 24.9. The molecule has 0 spiro atoms. The highest BCUT2D eigenvalue weighted by atomic mass is 32.2. The van der Waals surface area contributed by atoms with Crippen LogP contribution in [0.3, 0.4) is 0 Å². The SMILES string of the molecule is CCOc1ccc(S(=O)(=O)N(CC(=O)N(Cc2ccccc2C)C(CC)C(=O)NC(C)C)c2ccc(F)cc2)cc1. The molecule has 0 radical (unpaired) electrons. The second-order valence-corrected chi connectivity index (χ2v) is 11.8. The first-order chi connectivity index (χ1) is 19.5. The van der Waals surface area contributed by atoms with Gasteiger partial charge >= 0.3 is 0 Å². The van der Waals surface area contributed by atoms with E-state index in [4.69, 9.17) is 4.74 Å². The molecular formula is C31H38FN3O5S. The molecule has 220 valence electrons. The van der Waals surface area contributed by atoms with E-state index in [1.54, 1.807) is 6.92 Å². The Balaban J connectivity index is 2.06. The van der Waals surface area contributed by atoms with Crippen molar-refractivity contribution in [1.29, 1.82) is 0 Å². The van der Waals surface area contributed by atoms with Crippen molar-refractivity contribution in [3.05, 3.63) is 89.7 Å². The average molecular weight is 584 g/mol. The van der Waals surface area contributed by atoms with Crippen molar-refractivity contribution in [1.82, 2.24) is 10.2 Å². The van der Waals surface area contributed by atoms with Crippen LogP contribution in [-0.2, 0) is 26.2 Å². The lowest BCUT2D eigenvalue weighted by Crippen LogP contribution is -2.53. The van der Waals surface area contributed by atoms with E-state index in [0.717, 1.165) is 27.6 Å². The Kier molecular flexibility index (Phi) is 10.9. The summed E-state index contributed by atoms with van der Waals surface area (Å²) in [5.41, 5.74) is 1.88. The Bertz CT molecular complexity index is 1430. The molecule has 0 aromatic heterocycles. The molecular weight excluding hydrogens is 545 g/mol. The predicted molar refractivity (Wildman–Crippen MR) is 158 cm³/mol. The van der Waals surface area contributed by atoms with Gasteiger partial charge in [-0.15, -0.1) is 0 Å². The lowest BCUT2D eigenvalue weighted by Gasteiger charge is -2.34. The highest BCUT2D eigenvalue weighted by Crippen LogP contribution is 2.26. The van der Waals surface area contributed by atoms with Gasteiger partial charge in [0.25, 0.3) is 10.0 Å². The maximum absolute atomic E-state index is 14.1. The fourth-order valence-electron chi connectivity index (χ4n) is 4.41. The minimum absolute atomic E-state index is 0.0619. The number of hydrogen-bond acceptors (Lipinski definition) is 5. The molecule has 2 amide bonds. The third-order valence-corrected chi connectivity index (χ3v) is 8.32.